The molecule has 0 radical (unpaired) electrons. The number of hydrogen-bond donors (Lipinski definition) is 1. The zero-order chi connectivity index (χ0) is 17.5. The number of amides is 1. The first-order chi connectivity index (χ1) is 11.5. The first-order valence-electron chi connectivity index (χ1n) is 8.38. The molecule has 6 nitrogen and oxygen atoms in total. The molecule has 0 spiro atoms. The van der Waals surface area contributed by atoms with E-state index in [2.05, 4.69) is 27.9 Å². The van der Waals surface area contributed by atoms with E-state index in [1.54, 1.807) is 20.3 Å². The average molecular weight is 329 g/mol. The maximum Gasteiger partial charge on any atom is 0.269 e. The van der Waals surface area contributed by atoms with Gasteiger partial charge in [-0.25, -0.2) is 0 Å². The quantitative estimate of drug-likeness (QED) is 0.830. The van der Waals surface area contributed by atoms with E-state index in [1.807, 2.05) is 12.3 Å². The molecule has 0 aliphatic carbocycles. The molecule has 1 aromatic rings. The Kier molecular flexibility index (Phi) is 6.49. The Morgan fingerprint density at radius 1 is 1.46 bits per heavy atom. The van der Waals surface area contributed by atoms with Crippen LogP contribution in [0.15, 0.2) is 40.8 Å². The van der Waals surface area contributed by atoms with Gasteiger partial charge in [-0.15, -0.1) is 0 Å². The summed E-state index contributed by atoms with van der Waals surface area (Å²) in [6.45, 7) is 5.21. The Hall–Kier alpha value is -2.21. The van der Waals surface area contributed by atoms with Gasteiger partial charge < -0.3 is 10.6 Å². The van der Waals surface area contributed by atoms with Gasteiger partial charge in [-0.1, -0.05) is 13.0 Å². The van der Waals surface area contributed by atoms with Crippen LogP contribution in [0.1, 0.15) is 25.3 Å². The number of aliphatic imine (C=N–C) groups is 1. The van der Waals surface area contributed by atoms with E-state index in [-0.39, 0.29) is 5.91 Å². The number of hydrogen-bond acceptors (Lipinski definition) is 5. The summed E-state index contributed by atoms with van der Waals surface area (Å²) in [6.07, 6.45) is 5.45. The Balaban J connectivity index is 2.23. The second kappa shape index (κ2) is 8.59. The minimum absolute atomic E-state index is 0.155. The lowest BCUT2D eigenvalue weighted by Crippen LogP contribution is -2.39. The molecule has 0 bridgehead atoms. The lowest BCUT2D eigenvalue weighted by Gasteiger charge is -2.31. The molecule has 1 aliphatic rings. The van der Waals surface area contributed by atoms with Crippen LogP contribution >= 0.6 is 0 Å². The molecule has 6 heteroatoms. The largest absolute Gasteiger partial charge is 0.394 e. The van der Waals surface area contributed by atoms with E-state index >= 15 is 0 Å². The van der Waals surface area contributed by atoms with Crippen molar-refractivity contribution in [3.05, 3.63) is 41.4 Å². The van der Waals surface area contributed by atoms with Crippen molar-refractivity contribution in [1.29, 1.82) is 0 Å². The zero-order valence-electron chi connectivity index (χ0n) is 14.8. The number of likely N-dealkylation sites (N-methyl/N-ethyl adjacent to an activating group) is 1. The fraction of sp³-hybridized carbons (Fsp3) is 0.500. The van der Waals surface area contributed by atoms with E-state index < -0.39 is 0 Å². The molecule has 130 valence electrons. The van der Waals surface area contributed by atoms with Gasteiger partial charge in [-0.05, 0) is 18.1 Å². The third-order valence-electron chi connectivity index (χ3n) is 4.01. The Labute approximate surface area is 144 Å². The molecule has 1 saturated heterocycles. The van der Waals surface area contributed by atoms with Crippen molar-refractivity contribution in [1.82, 2.24) is 14.8 Å². The molecule has 0 unspecified atom stereocenters. The summed E-state index contributed by atoms with van der Waals surface area (Å²) in [5.41, 5.74) is 9.50. The molecule has 1 amide bonds. The van der Waals surface area contributed by atoms with Crippen molar-refractivity contribution in [2.75, 3.05) is 33.7 Å². The molecule has 2 N–H and O–H groups in total. The van der Waals surface area contributed by atoms with Crippen LogP contribution in [0.5, 0.6) is 0 Å². The highest BCUT2D eigenvalue weighted by atomic mass is 16.2. The lowest BCUT2D eigenvalue weighted by atomic mass is 9.98. The van der Waals surface area contributed by atoms with E-state index in [0.717, 1.165) is 49.3 Å². The van der Waals surface area contributed by atoms with Crippen LogP contribution in [0.3, 0.4) is 0 Å². The highest BCUT2D eigenvalue weighted by Crippen LogP contribution is 2.19. The SMILES string of the molecule is CCCN=C1CCN(Cc2cccnc2)C/C1=C(/N)C(=O)N(C)C. The number of nitrogens with zero attached hydrogens (tertiary/aromatic N) is 4. The van der Waals surface area contributed by atoms with Crippen molar-refractivity contribution < 1.29 is 4.79 Å². The lowest BCUT2D eigenvalue weighted by molar-refractivity contribution is -0.124. The van der Waals surface area contributed by atoms with Crippen LogP contribution in [0.4, 0.5) is 0 Å². The number of rotatable bonds is 5. The van der Waals surface area contributed by atoms with E-state index in [9.17, 15) is 4.79 Å². The van der Waals surface area contributed by atoms with Crippen molar-refractivity contribution in [2.24, 2.45) is 10.7 Å². The molecule has 2 heterocycles. The van der Waals surface area contributed by atoms with Gasteiger partial charge in [0.15, 0.2) is 0 Å². The number of piperidine rings is 1. The monoisotopic (exact) mass is 329 g/mol. The van der Waals surface area contributed by atoms with Crippen LogP contribution < -0.4 is 5.73 Å². The van der Waals surface area contributed by atoms with Gasteiger partial charge in [0.1, 0.15) is 5.70 Å². The predicted octanol–water partition coefficient (Wildman–Crippen LogP) is 1.44. The molecule has 1 aliphatic heterocycles. The second-order valence-corrected chi connectivity index (χ2v) is 6.24. The number of carbonyl (C=O) groups is 1. The molecule has 0 aromatic carbocycles. The predicted molar refractivity (Wildman–Crippen MR) is 96.6 cm³/mol. The van der Waals surface area contributed by atoms with Gasteiger partial charge in [-0.3, -0.25) is 19.7 Å². The van der Waals surface area contributed by atoms with Crippen molar-refractivity contribution in [3.8, 4) is 0 Å². The van der Waals surface area contributed by atoms with E-state index in [0.29, 0.717) is 12.2 Å². The van der Waals surface area contributed by atoms with Crippen molar-refractivity contribution >= 4 is 11.6 Å². The van der Waals surface area contributed by atoms with Gasteiger partial charge in [0.25, 0.3) is 5.91 Å². The number of nitrogens with two attached hydrogens (primary N) is 1. The summed E-state index contributed by atoms with van der Waals surface area (Å²) in [6, 6.07) is 4.00. The molecule has 0 saturated carbocycles. The van der Waals surface area contributed by atoms with Crippen LogP contribution in [0.2, 0.25) is 0 Å². The Morgan fingerprint density at radius 2 is 2.25 bits per heavy atom. The Morgan fingerprint density at radius 3 is 2.88 bits per heavy atom. The van der Waals surface area contributed by atoms with E-state index in [1.165, 1.54) is 4.90 Å². The highest BCUT2D eigenvalue weighted by Gasteiger charge is 2.25. The zero-order valence-corrected chi connectivity index (χ0v) is 14.8. The summed E-state index contributed by atoms with van der Waals surface area (Å²) in [7, 11) is 3.43. The van der Waals surface area contributed by atoms with Crippen molar-refractivity contribution in [3.63, 3.8) is 0 Å². The van der Waals surface area contributed by atoms with Crippen LogP contribution in [0, 0.1) is 0 Å². The van der Waals surface area contributed by atoms with E-state index in [4.69, 9.17) is 5.73 Å². The normalized spacial score (nSPS) is 19.4. The minimum Gasteiger partial charge on any atom is -0.394 e. The summed E-state index contributed by atoms with van der Waals surface area (Å²) >= 11 is 0. The van der Waals surface area contributed by atoms with Crippen LogP contribution in [-0.4, -0.2) is 60.1 Å². The maximum atomic E-state index is 12.3. The first kappa shape index (κ1) is 18.1. The summed E-state index contributed by atoms with van der Waals surface area (Å²) < 4.78 is 0. The summed E-state index contributed by atoms with van der Waals surface area (Å²) in [5.74, 6) is -0.155. The molecule has 2 rings (SSSR count). The maximum absolute atomic E-state index is 12.3. The van der Waals surface area contributed by atoms with Crippen LogP contribution in [0.25, 0.3) is 0 Å². The fourth-order valence-electron chi connectivity index (χ4n) is 2.73. The van der Waals surface area contributed by atoms with Gasteiger partial charge in [0.05, 0.1) is 0 Å². The number of aromatic nitrogens is 1. The Bertz CT molecular complexity index is 622. The molecule has 1 aromatic heterocycles. The summed E-state index contributed by atoms with van der Waals surface area (Å²) in [5, 5.41) is 0. The molecule has 1 fully saturated rings. The van der Waals surface area contributed by atoms with Gasteiger partial charge in [-0.2, -0.15) is 0 Å². The molecular weight excluding hydrogens is 302 g/mol. The van der Waals surface area contributed by atoms with Gasteiger partial charge in [0, 0.05) is 70.4 Å². The van der Waals surface area contributed by atoms with Crippen molar-refractivity contribution in [2.45, 2.75) is 26.3 Å². The fourth-order valence-corrected chi connectivity index (χ4v) is 2.73. The minimum atomic E-state index is -0.155. The molecule has 24 heavy (non-hydrogen) atoms. The number of carbonyl (C=O) groups excluding carboxylic acids is 1. The first-order valence-corrected chi connectivity index (χ1v) is 8.38. The highest BCUT2D eigenvalue weighted by molar-refractivity contribution is 6.08. The third-order valence-corrected chi connectivity index (χ3v) is 4.01. The standard InChI is InChI=1S/C18H27N5O/c1-4-8-21-16-7-10-23(12-14-6-5-9-20-11-14)13-15(16)17(19)18(24)22(2)3/h5-6,9,11H,4,7-8,10,12-13,19H2,1-3H3/b17-15-,21-16?. The van der Waals surface area contributed by atoms with Crippen LogP contribution in [-0.2, 0) is 11.3 Å². The number of pyridine rings is 1. The summed E-state index contributed by atoms with van der Waals surface area (Å²) in [4.78, 5) is 24.9. The smallest absolute Gasteiger partial charge is 0.269 e. The average Bonchev–Trinajstić information content (AvgIpc) is 2.60. The second-order valence-electron chi connectivity index (χ2n) is 6.24. The topological polar surface area (TPSA) is 74.8 Å². The van der Waals surface area contributed by atoms with Gasteiger partial charge in [0.2, 0.25) is 0 Å². The van der Waals surface area contributed by atoms with Gasteiger partial charge >= 0.3 is 0 Å². The number of likely N-dealkylation sites (tertiary alicyclic amines) is 1. The third kappa shape index (κ3) is 4.64. The molecule has 0 atom stereocenters. The molecular formula is C18H27N5O.